The average molecular weight is 498 g/mol. The van der Waals surface area contributed by atoms with Crippen molar-refractivity contribution in [1.82, 2.24) is 14.8 Å². The van der Waals surface area contributed by atoms with Crippen LogP contribution < -0.4 is 5.01 Å². The molecule has 1 amide bonds. The van der Waals surface area contributed by atoms with E-state index in [-0.39, 0.29) is 5.91 Å². The number of rotatable bonds is 5. The highest BCUT2D eigenvalue weighted by Gasteiger charge is 2.36. The lowest BCUT2D eigenvalue weighted by atomic mass is 10.1. The van der Waals surface area contributed by atoms with Crippen LogP contribution in [0.25, 0.3) is 10.2 Å². The molecular formula is C24H24ClN5OS2. The minimum Gasteiger partial charge on any atom is -0.372 e. The Morgan fingerprint density at radius 3 is 2.55 bits per heavy atom. The Labute approximate surface area is 206 Å². The highest BCUT2D eigenvalue weighted by atomic mass is 35.5. The van der Waals surface area contributed by atoms with Gasteiger partial charge in [0.15, 0.2) is 0 Å². The molecule has 2 aromatic carbocycles. The minimum absolute atomic E-state index is 0.0998. The molecule has 0 saturated carbocycles. The molecule has 6 nitrogen and oxygen atoms in total. The number of fused-ring (bicyclic) bond motifs is 1. The highest BCUT2D eigenvalue weighted by Crippen LogP contribution is 2.34. The minimum atomic E-state index is -0.0998. The van der Waals surface area contributed by atoms with Gasteiger partial charge in [-0.2, -0.15) is 10.1 Å². The Hall–Kier alpha value is -2.39. The lowest BCUT2D eigenvalue weighted by Gasteiger charge is -2.35. The van der Waals surface area contributed by atoms with E-state index < -0.39 is 0 Å². The summed E-state index contributed by atoms with van der Waals surface area (Å²) in [5.74, 6) is 0.493. The van der Waals surface area contributed by atoms with E-state index in [1.54, 1.807) is 11.8 Å². The number of nitrogens with zero attached hydrogens (tertiary/aromatic N) is 5. The Bertz CT molecular complexity index is 1210. The number of hydrogen-bond acceptors (Lipinski definition) is 7. The van der Waals surface area contributed by atoms with Crippen molar-refractivity contribution >= 4 is 61.7 Å². The van der Waals surface area contributed by atoms with Crippen LogP contribution in [0.4, 0.5) is 5.13 Å². The number of anilines is 1. The van der Waals surface area contributed by atoms with E-state index >= 15 is 0 Å². The van der Waals surface area contributed by atoms with E-state index in [0.717, 1.165) is 52.7 Å². The molecule has 2 aliphatic rings. The van der Waals surface area contributed by atoms with Gasteiger partial charge in [-0.1, -0.05) is 35.1 Å². The maximum Gasteiger partial charge on any atom is 0.284 e. The van der Waals surface area contributed by atoms with E-state index in [2.05, 4.69) is 21.8 Å². The number of thioether (sulfide) groups is 1. The Morgan fingerprint density at radius 2 is 1.82 bits per heavy atom. The third-order valence-corrected chi connectivity index (χ3v) is 8.20. The first kappa shape index (κ1) is 22.4. The van der Waals surface area contributed by atoms with E-state index in [1.807, 2.05) is 55.5 Å². The molecule has 0 unspecified atom stereocenters. The Kier molecular flexibility index (Phi) is 6.42. The molecule has 0 N–H and O–H groups in total. The molecule has 0 bridgehead atoms. The van der Waals surface area contributed by atoms with Crippen molar-refractivity contribution in [2.24, 2.45) is 5.10 Å². The van der Waals surface area contributed by atoms with Crippen molar-refractivity contribution in [3.8, 4) is 0 Å². The summed E-state index contributed by atoms with van der Waals surface area (Å²) in [6, 6.07) is 15.7. The Balaban J connectivity index is 1.48. The topological polar surface area (TPSA) is 52.0 Å². The zero-order chi connectivity index (χ0) is 22.9. The van der Waals surface area contributed by atoms with Gasteiger partial charge in [0, 0.05) is 47.5 Å². The van der Waals surface area contributed by atoms with Gasteiger partial charge in [0.05, 0.1) is 21.5 Å². The molecule has 0 radical (unpaired) electrons. The molecule has 0 spiro atoms. The predicted octanol–water partition coefficient (Wildman–Crippen LogP) is 4.97. The number of hydrogen-bond donors (Lipinski definition) is 0. The van der Waals surface area contributed by atoms with Gasteiger partial charge in [0.1, 0.15) is 0 Å². The van der Waals surface area contributed by atoms with Crippen LogP contribution in [-0.2, 0) is 4.79 Å². The first-order valence-electron chi connectivity index (χ1n) is 10.8. The van der Waals surface area contributed by atoms with Crippen molar-refractivity contribution in [2.75, 3.05) is 44.0 Å². The van der Waals surface area contributed by atoms with Crippen LogP contribution in [0, 0.1) is 0 Å². The summed E-state index contributed by atoms with van der Waals surface area (Å²) < 4.78 is 1.04. The molecule has 3 aromatic rings. The van der Waals surface area contributed by atoms with Gasteiger partial charge in [0.25, 0.3) is 5.91 Å². The molecule has 0 atom stereocenters. The molecule has 1 aromatic heterocycles. The van der Waals surface area contributed by atoms with Gasteiger partial charge in [0.2, 0.25) is 5.13 Å². The molecule has 1 saturated heterocycles. The maximum atomic E-state index is 13.7. The van der Waals surface area contributed by atoms with Gasteiger partial charge in [-0.25, -0.2) is 4.98 Å². The third kappa shape index (κ3) is 4.66. The van der Waals surface area contributed by atoms with Crippen LogP contribution in [0.5, 0.6) is 0 Å². The second kappa shape index (κ2) is 9.46. The fourth-order valence-electron chi connectivity index (χ4n) is 3.97. The summed E-state index contributed by atoms with van der Waals surface area (Å²) in [5.41, 5.74) is 3.36. The number of thiazole rings is 1. The van der Waals surface area contributed by atoms with Crippen molar-refractivity contribution in [1.29, 1.82) is 0 Å². The van der Waals surface area contributed by atoms with Crippen LogP contribution >= 0.6 is 34.7 Å². The van der Waals surface area contributed by atoms with Crippen LogP contribution in [-0.4, -0.2) is 65.4 Å². The lowest BCUT2D eigenvalue weighted by molar-refractivity contribution is -0.114. The average Bonchev–Trinajstić information content (AvgIpc) is 3.39. The van der Waals surface area contributed by atoms with E-state index in [0.29, 0.717) is 21.5 Å². The lowest BCUT2D eigenvalue weighted by Crippen LogP contribution is -2.44. The van der Waals surface area contributed by atoms with Gasteiger partial charge in [-0.15, -0.1) is 11.8 Å². The summed E-state index contributed by atoms with van der Waals surface area (Å²) >= 11 is 9.17. The van der Waals surface area contributed by atoms with Crippen molar-refractivity contribution in [3.63, 3.8) is 0 Å². The molecule has 5 rings (SSSR count). The number of hydrazone groups is 1. The standard InChI is InChI=1S/C24H24ClN5OS2/c1-16(29-13-11-28(2)12-14-29)22-20(15-32-18-9-7-17(25)8-10-18)27-30(23(22)31)24-26-19-5-3-4-6-21(19)33-24/h3-10H,11-15H2,1-2H3/b22-16-. The van der Waals surface area contributed by atoms with Crippen molar-refractivity contribution in [2.45, 2.75) is 11.8 Å². The number of allylic oxidation sites excluding steroid dienone is 1. The van der Waals surface area contributed by atoms with Gasteiger partial charge in [-0.3, -0.25) is 4.79 Å². The fraction of sp³-hybridized carbons (Fsp3) is 0.292. The summed E-state index contributed by atoms with van der Waals surface area (Å²) in [5, 5.41) is 7.59. The maximum absolute atomic E-state index is 13.7. The van der Waals surface area contributed by atoms with Gasteiger partial charge in [-0.05, 0) is 50.4 Å². The number of amides is 1. The smallest absolute Gasteiger partial charge is 0.284 e. The number of carbonyl (C=O) groups excluding carboxylic acids is 1. The molecule has 9 heteroatoms. The predicted molar refractivity (Wildman–Crippen MR) is 138 cm³/mol. The molecule has 33 heavy (non-hydrogen) atoms. The third-order valence-electron chi connectivity index (χ3n) is 5.91. The number of aromatic nitrogens is 1. The normalized spacial score (nSPS) is 18.9. The molecule has 0 aliphatic carbocycles. The van der Waals surface area contributed by atoms with Crippen LogP contribution in [0.2, 0.25) is 5.02 Å². The SMILES string of the molecule is C/C(=C1/C(=O)N(c2nc3ccccc3s2)N=C1CSc1ccc(Cl)cc1)N1CCN(C)CC1. The second-order valence-electron chi connectivity index (χ2n) is 8.12. The summed E-state index contributed by atoms with van der Waals surface area (Å²) in [6.45, 7) is 5.80. The molecule has 2 aliphatic heterocycles. The zero-order valence-electron chi connectivity index (χ0n) is 18.5. The second-order valence-corrected chi connectivity index (χ2v) is 10.6. The largest absolute Gasteiger partial charge is 0.372 e. The molecule has 1 fully saturated rings. The monoisotopic (exact) mass is 497 g/mol. The summed E-state index contributed by atoms with van der Waals surface area (Å²) in [6.07, 6.45) is 0. The molecule has 3 heterocycles. The number of para-hydroxylation sites is 1. The van der Waals surface area contributed by atoms with Crippen LogP contribution in [0.1, 0.15) is 6.92 Å². The number of carbonyl (C=O) groups is 1. The summed E-state index contributed by atoms with van der Waals surface area (Å²) in [7, 11) is 2.13. The van der Waals surface area contributed by atoms with Crippen LogP contribution in [0.15, 0.2) is 69.8 Å². The van der Waals surface area contributed by atoms with Gasteiger partial charge < -0.3 is 9.80 Å². The number of piperazine rings is 1. The highest BCUT2D eigenvalue weighted by molar-refractivity contribution is 8.00. The van der Waals surface area contributed by atoms with E-state index in [9.17, 15) is 4.79 Å². The van der Waals surface area contributed by atoms with E-state index in [1.165, 1.54) is 16.3 Å². The fourth-order valence-corrected chi connectivity index (χ4v) is 5.85. The molecular weight excluding hydrogens is 474 g/mol. The Morgan fingerprint density at radius 1 is 1.09 bits per heavy atom. The van der Waals surface area contributed by atoms with Crippen molar-refractivity contribution < 1.29 is 4.79 Å². The van der Waals surface area contributed by atoms with Crippen molar-refractivity contribution in [3.05, 3.63) is 64.8 Å². The zero-order valence-corrected chi connectivity index (χ0v) is 20.9. The first-order chi connectivity index (χ1) is 16.0. The molecule has 170 valence electrons. The quantitative estimate of drug-likeness (QED) is 0.368. The number of benzene rings is 2. The number of likely N-dealkylation sites (N-methyl/N-ethyl adjacent to an activating group) is 1. The number of halogens is 1. The first-order valence-corrected chi connectivity index (χ1v) is 13.0. The van der Waals surface area contributed by atoms with Crippen LogP contribution in [0.3, 0.4) is 0 Å². The summed E-state index contributed by atoms with van der Waals surface area (Å²) in [4.78, 5) is 24.0. The van der Waals surface area contributed by atoms with E-state index in [4.69, 9.17) is 16.7 Å². The van der Waals surface area contributed by atoms with Gasteiger partial charge >= 0.3 is 0 Å².